The summed E-state index contributed by atoms with van der Waals surface area (Å²) in [5.41, 5.74) is 10.5. The van der Waals surface area contributed by atoms with Gasteiger partial charge in [0.15, 0.2) is 0 Å². The number of aromatic nitrogens is 4. The molecule has 4 aromatic heterocycles. The molecule has 0 bridgehead atoms. The van der Waals surface area contributed by atoms with Gasteiger partial charge >= 0.3 is 6.09 Å². The summed E-state index contributed by atoms with van der Waals surface area (Å²) in [5.74, 6) is 6.74. The van der Waals surface area contributed by atoms with Crippen molar-refractivity contribution in [1.29, 1.82) is 0 Å². The number of ether oxygens (including phenoxy) is 4. The van der Waals surface area contributed by atoms with Crippen LogP contribution >= 0.6 is 22.6 Å². The summed E-state index contributed by atoms with van der Waals surface area (Å²) in [7, 11) is 4.90. The van der Waals surface area contributed by atoms with Crippen LogP contribution in [0.3, 0.4) is 0 Å². The second-order valence-electron chi connectivity index (χ2n) is 25.4. The van der Waals surface area contributed by atoms with Crippen molar-refractivity contribution in [2.24, 2.45) is 47.3 Å². The van der Waals surface area contributed by atoms with Crippen molar-refractivity contribution in [3.05, 3.63) is 119 Å². The highest BCUT2D eigenvalue weighted by atomic mass is 127. The van der Waals surface area contributed by atoms with Crippen LogP contribution in [0.5, 0.6) is 17.6 Å². The van der Waals surface area contributed by atoms with Gasteiger partial charge in [-0.1, -0.05) is 92.5 Å². The Labute approximate surface area is 522 Å². The number of hydrogen-bond donors (Lipinski definition) is 2. The maximum atomic E-state index is 12.1. The number of H-pyrrole nitrogens is 1. The molecule has 2 aliphatic heterocycles. The Morgan fingerprint density at radius 2 is 1.13 bits per heavy atom. The van der Waals surface area contributed by atoms with Crippen molar-refractivity contribution in [2.45, 2.75) is 196 Å². The molecule has 0 aromatic carbocycles. The Morgan fingerprint density at radius 1 is 0.667 bits per heavy atom. The van der Waals surface area contributed by atoms with E-state index in [2.05, 4.69) is 164 Å². The second-order valence-corrected chi connectivity index (χ2v) is 26.6. The Bertz CT molecular complexity index is 2700. The first-order valence-corrected chi connectivity index (χ1v) is 31.0. The van der Waals surface area contributed by atoms with Crippen LogP contribution in [0.4, 0.5) is 4.79 Å². The minimum absolute atomic E-state index is 0.00347. The van der Waals surface area contributed by atoms with Gasteiger partial charge in [0.2, 0.25) is 35.0 Å². The van der Waals surface area contributed by atoms with Crippen molar-refractivity contribution in [3.8, 4) is 17.6 Å². The maximum Gasteiger partial charge on any atom is 0.417 e. The first-order chi connectivity index (χ1) is 39.0. The van der Waals surface area contributed by atoms with Gasteiger partial charge in [0.25, 0.3) is 0 Å². The van der Waals surface area contributed by atoms with Crippen LogP contribution in [0.1, 0.15) is 189 Å². The molecule has 4 atom stereocenters. The topological polar surface area (TPSA) is 175 Å². The monoisotopic (exact) mass is 1280 g/mol. The predicted octanol–water partition coefficient (Wildman–Crippen LogP) is 16.5. The van der Waals surface area contributed by atoms with E-state index in [1.165, 1.54) is 59.4 Å². The van der Waals surface area contributed by atoms with Gasteiger partial charge in [0.05, 0.1) is 21.3 Å². The van der Waals surface area contributed by atoms with E-state index in [0.29, 0.717) is 77.9 Å². The second kappa shape index (κ2) is 40.7. The Kier molecular flexibility index (Phi) is 38.0. The quantitative estimate of drug-likeness (QED) is 0.102. The lowest BCUT2D eigenvalue weighted by atomic mass is 9.81. The lowest BCUT2D eigenvalue weighted by Gasteiger charge is -2.36. The van der Waals surface area contributed by atoms with Gasteiger partial charge in [-0.3, -0.25) is 14.4 Å². The number of aromatic amines is 1. The van der Waals surface area contributed by atoms with Crippen LogP contribution in [0, 0.1) is 78.6 Å². The average molecular weight is 1280 g/mol. The highest BCUT2D eigenvalue weighted by Crippen LogP contribution is 2.31. The zero-order chi connectivity index (χ0) is 64.6. The number of aryl methyl sites for hydroxylation is 4. The zero-order valence-electron chi connectivity index (χ0n) is 56.5. The SMILES string of the molecule is CC(C)CC1CC(=O)N(C(=O)OC(C)(C)C)CC1C.CC(C)CC1CC(=O)NCC1C.CC=C(C)C.COc1cc(C=C(C)C)c(C)cn1.COc1cc(CC(C)C)c(C)cn1.COc1cc(I)c(C)cn1.Cc1c[nH]c(=O)cc1CC(C)C. The molecule has 0 aliphatic carbocycles. The molecule has 84 heavy (non-hydrogen) atoms. The summed E-state index contributed by atoms with van der Waals surface area (Å²) in [4.78, 5) is 62.3. The van der Waals surface area contributed by atoms with E-state index in [0.717, 1.165) is 37.8 Å². The molecule has 15 heteroatoms. The minimum Gasteiger partial charge on any atom is -0.481 e. The van der Waals surface area contributed by atoms with Crippen molar-refractivity contribution >= 4 is 46.6 Å². The molecule has 0 radical (unpaired) electrons. The number of amides is 3. The Balaban J connectivity index is 0.000000977. The van der Waals surface area contributed by atoms with E-state index < -0.39 is 11.7 Å². The van der Waals surface area contributed by atoms with Crippen molar-refractivity contribution in [2.75, 3.05) is 34.4 Å². The number of pyridine rings is 4. The van der Waals surface area contributed by atoms with Gasteiger partial charge in [-0.05, 0) is 218 Å². The van der Waals surface area contributed by atoms with Crippen molar-refractivity contribution in [1.82, 2.24) is 30.2 Å². The van der Waals surface area contributed by atoms with E-state index in [1.54, 1.807) is 39.8 Å². The van der Waals surface area contributed by atoms with Crippen LogP contribution in [-0.2, 0) is 27.2 Å². The predicted molar refractivity (Wildman–Crippen MR) is 357 cm³/mol. The summed E-state index contributed by atoms with van der Waals surface area (Å²) >= 11 is 2.25. The molecule has 2 saturated heterocycles. The third-order valence-electron chi connectivity index (χ3n) is 13.5. The average Bonchev–Trinajstić information content (AvgIpc) is 3.53. The fourth-order valence-corrected chi connectivity index (χ4v) is 9.02. The van der Waals surface area contributed by atoms with Gasteiger partial charge in [-0.15, -0.1) is 0 Å². The van der Waals surface area contributed by atoms with Crippen LogP contribution in [0.25, 0.3) is 6.08 Å². The molecule has 0 saturated carbocycles. The summed E-state index contributed by atoms with van der Waals surface area (Å²) < 4.78 is 21.5. The number of imide groups is 1. The van der Waals surface area contributed by atoms with Gasteiger partial charge in [-0.2, -0.15) is 0 Å². The van der Waals surface area contributed by atoms with Crippen LogP contribution < -0.4 is 25.1 Å². The smallest absolute Gasteiger partial charge is 0.417 e. The Morgan fingerprint density at radius 3 is 1.58 bits per heavy atom. The molecule has 2 fully saturated rings. The lowest BCUT2D eigenvalue weighted by molar-refractivity contribution is -0.136. The molecule has 0 spiro atoms. The van der Waals surface area contributed by atoms with E-state index in [1.807, 2.05) is 79.1 Å². The third-order valence-corrected chi connectivity index (χ3v) is 14.7. The first-order valence-electron chi connectivity index (χ1n) is 29.9. The number of nitrogens with zero attached hydrogens (tertiary/aromatic N) is 4. The van der Waals surface area contributed by atoms with Gasteiger partial charge in [0, 0.05) is 78.6 Å². The van der Waals surface area contributed by atoms with E-state index >= 15 is 0 Å². The molecule has 4 unspecified atom stereocenters. The number of likely N-dealkylation sites (tertiary alicyclic amines) is 1. The third kappa shape index (κ3) is 34.4. The number of carbonyl (C=O) groups excluding carboxylic acids is 3. The summed E-state index contributed by atoms with van der Waals surface area (Å²) in [5, 5.41) is 2.90. The normalized spacial score (nSPS) is 16.1. The zero-order valence-corrected chi connectivity index (χ0v) is 58.6. The van der Waals surface area contributed by atoms with Crippen molar-refractivity contribution in [3.63, 3.8) is 0 Å². The molecule has 2 N–H and O–H groups in total. The molecule has 3 amide bonds. The number of nitrogens with one attached hydrogen (secondary N) is 2. The largest absolute Gasteiger partial charge is 0.481 e. The molecule has 14 nitrogen and oxygen atoms in total. The Hall–Kier alpha value is -5.58. The van der Waals surface area contributed by atoms with Gasteiger partial charge in [0.1, 0.15) is 5.60 Å². The molecular weight excluding hydrogens is 1170 g/mol. The lowest BCUT2D eigenvalue weighted by Crippen LogP contribution is -2.48. The highest BCUT2D eigenvalue weighted by molar-refractivity contribution is 14.1. The van der Waals surface area contributed by atoms with Gasteiger partial charge < -0.3 is 29.2 Å². The van der Waals surface area contributed by atoms with Crippen LogP contribution in [-0.4, -0.2) is 82.8 Å². The van der Waals surface area contributed by atoms with Gasteiger partial charge in [-0.25, -0.2) is 24.6 Å². The van der Waals surface area contributed by atoms with Crippen molar-refractivity contribution < 1.29 is 33.3 Å². The number of carbonyl (C=O) groups is 3. The number of methoxy groups -OCH3 is 3. The number of hydrogen-bond acceptors (Lipinski definition) is 11. The summed E-state index contributed by atoms with van der Waals surface area (Å²) in [6.07, 6.45) is 16.5. The van der Waals surface area contributed by atoms with Crippen LogP contribution in [0.15, 0.2) is 71.1 Å². The molecule has 6 heterocycles. The molecule has 4 aromatic rings. The molecule has 6 rings (SSSR count). The molecule has 2 aliphatic rings. The summed E-state index contributed by atoms with van der Waals surface area (Å²) in [6, 6.07) is 7.57. The fraction of sp³-hybridized carbons (Fsp3) is 0.609. The van der Waals surface area contributed by atoms with E-state index in [9.17, 15) is 19.2 Å². The van der Waals surface area contributed by atoms with Crippen LogP contribution in [0.2, 0.25) is 0 Å². The molecule has 472 valence electrons. The summed E-state index contributed by atoms with van der Waals surface area (Å²) in [6.45, 7) is 47.2. The minimum atomic E-state index is -0.560. The van der Waals surface area contributed by atoms with E-state index in [-0.39, 0.29) is 17.4 Å². The van der Waals surface area contributed by atoms with E-state index in [4.69, 9.17) is 18.9 Å². The molecular formula is C69H111IN6O8. The fourth-order valence-electron chi connectivity index (χ4n) is 8.61. The standard InChI is InChI=1S/C15H27NO3.C11H17NO.C11H15NO.C10H19NO.C10H15NO.C7H8INO.C5H10/c1-10(2)7-12-8-13(17)16(9-11(12)3)14(18)19-15(4,5)6;2*1-8(2)5-10-6-11(13-4)12-7-9(10)3;2*1-7(2)4-9-5-10(12)11-6-8(9)3;1-5-4-9-7(10-2)3-6(5)8;1-4-5(2)3/h10-12H,7-9H2,1-6H3;6-8H,5H2,1-4H3;5-7H,1-4H3;7-9H,4-6H2,1-3H3,(H,11,12);5-7H,4H2,1-3H3,(H,11,12);3-4H,1-2H3;4H,1-3H3. The first kappa shape index (κ1) is 78.4. The number of halogens is 1. The number of allylic oxidation sites excluding steroid dienone is 3. The highest BCUT2D eigenvalue weighted by Gasteiger charge is 2.37. The number of piperidine rings is 2. The number of rotatable bonds is 12. The maximum absolute atomic E-state index is 12.1.